The molecule has 0 fully saturated rings. The molecule has 440 valence electrons. The van der Waals surface area contributed by atoms with Gasteiger partial charge in [-0.15, -0.1) is 0 Å². The van der Waals surface area contributed by atoms with Crippen molar-refractivity contribution in [3.8, 4) is 56.3 Å². The highest BCUT2D eigenvalue weighted by Crippen LogP contribution is 2.30. The minimum absolute atomic E-state index is 0.360. The molecule has 5 heterocycles. The van der Waals surface area contributed by atoms with Gasteiger partial charge in [0.2, 0.25) is 28.5 Å². The van der Waals surface area contributed by atoms with E-state index in [1.54, 1.807) is 22.8 Å². The van der Waals surface area contributed by atoms with Crippen LogP contribution in [0.4, 0.5) is 0 Å². The zero-order valence-corrected chi connectivity index (χ0v) is 55.7. The van der Waals surface area contributed by atoms with Crippen molar-refractivity contribution in [2.24, 2.45) is 35.2 Å². The molecular formula is C80H100N5+5. The summed E-state index contributed by atoms with van der Waals surface area (Å²) in [6, 6.07) is 52.4. The summed E-state index contributed by atoms with van der Waals surface area (Å²) in [7, 11) is 10.3. The second-order valence-electron chi connectivity index (χ2n) is 23.8. The van der Waals surface area contributed by atoms with E-state index in [0.717, 1.165) is 33.6 Å². The van der Waals surface area contributed by atoms with Crippen LogP contribution in [0.3, 0.4) is 0 Å². The van der Waals surface area contributed by atoms with Crippen molar-refractivity contribution in [2.45, 2.75) is 138 Å². The largest absolute Gasteiger partial charge is 0.215 e. The van der Waals surface area contributed by atoms with Crippen LogP contribution in [0.15, 0.2) is 152 Å². The van der Waals surface area contributed by atoms with Crippen molar-refractivity contribution in [3.63, 3.8) is 0 Å². The first kappa shape index (κ1) is 57.3. The Morgan fingerprint density at radius 2 is 0.518 bits per heavy atom. The molecule has 0 amide bonds. The van der Waals surface area contributed by atoms with Gasteiger partial charge in [-0.1, -0.05) is 82.9 Å². The Kier molecular flexibility index (Phi) is 19.3. The van der Waals surface area contributed by atoms with E-state index in [-0.39, 0.29) is 0 Å². The monoisotopic (exact) mass is 1140 g/mol. The Labute approximate surface area is 522 Å². The lowest BCUT2D eigenvalue weighted by molar-refractivity contribution is -0.667. The minimum Gasteiger partial charge on any atom is -0.198 e. The Hall–Kier alpha value is -8.15. The van der Waals surface area contributed by atoms with Crippen molar-refractivity contribution in [1.82, 2.24) is 0 Å². The minimum atomic E-state index is -2.10. The average Bonchev–Trinajstić information content (AvgIpc) is 0.860. The van der Waals surface area contributed by atoms with Gasteiger partial charge in [0.1, 0.15) is 35.2 Å². The molecule has 0 aliphatic carbocycles. The van der Waals surface area contributed by atoms with Gasteiger partial charge in [-0.25, -0.2) is 0 Å². The van der Waals surface area contributed by atoms with Crippen LogP contribution in [0.25, 0.3) is 56.3 Å². The SMILES string of the molecule is Cc1ccc(-c2c(C)ccc(C)[n+]2C)c(C)c1.Cc1ccc(C)c(-c2c(C)ccc(C)[n+]2C)c1.Cc1ccc(C)c(-c2c(C)ccc(C)[n+]2C)c1.[2H]C([2H])([2H])c1ccc(-c2c(C)ccc(C)[n+]2C)c(C)c1.[2H]C([2H])([2H])c1ccc(C)c(-c2cccc(C)c2C)[n+]1C. The topological polar surface area (TPSA) is 19.4 Å². The van der Waals surface area contributed by atoms with Gasteiger partial charge < -0.3 is 0 Å². The second kappa shape index (κ2) is 28.6. The second-order valence-corrected chi connectivity index (χ2v) is 23.8. The van der Waals surface area contributed by atoms with Crippen LogP contribution in [0.2, 0.25) is 0 Å². The van der Waals surface area contributed by atoms with Crippen LogP contribution >= 0.6 is 0 Å². The van der Waals surface area contributed by atoms with Crippen molar-refractivity contribution in [3.05, 3.63) is 264 Å². The molecule has 0 radical (unpaired) electrons. The van der Waals surface area contributed by atoms with Gasteiger partial charge in [-0.3, -0.25) is 0 Å². The predicted molar refractivity (Wildman–Crippen MR) is 360 cm³/mol. The summed E-state index contributed by atoms with van der Waals surface area (Å²) in [6.07, 6.45) is 0. The van der Waals surface area contributed by atoms with Crippen LogP contribution in [0.5, 0.6) is 0 Å². The lowest BCUT2D eigenvalue weighted by Crippen LogP contribution is -2.35. The molecule has 5 nitrogen and oxygen atoms in total. The van der Waals surface area contributed by atoms with Crippen LogP contribution in [-0.2, 0) is 35.2 Å². The van der Waals surface area contributed by atoms with Gasteiger partial charge in [0.05, 0.1) is 0 Å². The molecule has 10 aromatic rings. The van der Waals surface area contributed by atoms with Gasteiger partial charge in [0.15, 0.2) is 28.5 Å². The van der Waals surface area contributed by atoms with Crippen LogP contribution < -0.4 is 22.8 Å². The first-order chi connectivity index (χ1) is 42.5. The van der Waals surface area contributed by atoms with Crippen molar-refractivity contribution >= 4 is 0 Å². The summed E-state index contributed by atoms with van der Waals surface area (Å²) in [5.41, 5.74) is 35.6. The van der Waals surface area contributed by atoms with E-state index in [9.17, 15) is 0 Å². The normalized spacial score (nSPS) is 12.0. The van der Waals surface area contributed by atoms with Crippen LogP contribution in [-0.4, -0.2) is 0 Å². The molecule has 0 N–H and O–H groups in total. The van der Waals surface area contributed by atoms with Crippen molar-refractivity contribution in [1.29, 1.82) is 0 Å². The fourth-order valence-electron chi connectivity index (χ4n) is 11.3. The van der Waals surface area contributed by atoms with Gasteiger partial charge in [0.25, 0.3) is 0 Å². The molecule has 85 heavy (non-hydrogen) atoms. The van der Waals surface area contributed by atoms with E-state index in [1.165, 1.54) is 123 Å². The molecule has 5 aromatic carbocycles. The first-order valence-electron chi connectivity index (χ1n) is 32.7. The van der Waals surface area contributed by atoms with E-state index in [4.69, 9.17) is 8.22 Å². The third-order valence-corrected chi connectivity index (χ3v) is 17.1. The molecule has 0 aliphatic rings. The Morgan fingerprint density at radius 1 is 0.224 bits per heavy atom. The number of hydrogen-bond acceptors (Lipinski definition) is 0. The Bertz CT molecular complexity index is 4200. The summed E-state index contributed by atoms with van der Waals surface area (Å²) in [5, 5.41) is 0. The Morgan fingerprint density at radius 3 is 0.882 bits per heavy atom. The zero-order chi connectivity index (χ0) is 67.9. The average molecular weight is 1140 g/mol. The molecule has 0 atom stereocenters. The number of pyridine rings is 5. The maximum atomic E-state index is 7.65. The van der Waals surface area contributed by atoms with Gasteiger partial charge in [-0.2, -0.15) is 22.8 Å². The summed E-state index contributed by atoms with van der Waals surface area (Å²) >= 11 is 0. The smallest absolute Gasteiger partial charge is 0.198 e. The lowest BCUT2D eigenvalue weighted by atomic mass is 9.97. The molecule has 0 spiro atoms. The van der Waals surface area contributed by atoms with Crippen molar-refractivity contribution < 1.29 is 31.1 Å². The standard InChI is InChI=1S/5C16H20N/c2*1-11-6-9-15(13(3)10-11)16-12(2)7-8-14(4)17(16)5;2*1-11-6-7-12(2)15(10-11)16-13(3)8-9-14(4)17(16)5;1-11-7-6-8-15(14(11)4)16-12(2)9-10-13(3)17(16)5/h5*6-10H,1-5H3/q5*+1/i1D3;;;;3D3. The number of aromatic nitrogens is 5. The van der Waals surface area contributed by atoms with Gasteiger partial charge >= 0.3 is 0 Å². The van der Waals surface area contributed by atoms with Gasteiger partial charge in [0, 0.05) is 129 Å². The van der Waals surface area contributed by atoms with E-state index in [2.05, 4.69) is 259 Å². The van der Waals surface area contributed by atoms with Crippen LogP contribution in [0.1, 0.15) is 120 Å². The Balaban J connectivity index is 0.000000181. The fourth-order valence-corrected chi connectivity index (χ4v) is 11.3. The summed E-state index contributed by atoms with van der Waals surface area (Å²) in [5.74, 6) is 0. The zero-order valence-electron chi connectivity index (χ0n) is 61.7. The molecule has 0 saturated carbocycles. The van der Waals surface area contributed by atoms with E-state index in [0.29, 0.717) is 11.3 Å². The van der Waals surface area contributed by atoms with Crippen molar-refractivity contribution in [2.75, 3.05) is 0 Å². The molecule has 0 aliphatic heterocycles. The van der Waals surface area contributed by atoms with E-state index < -0.39 is 13.7 Å². The highest BCUT2D eigenvalue weighted by atomic mass is 15.0. The number of benzene rings is 5. The summed E-state index contributed by atoms with van der Waals surface area (Å²) < 4.78 is 56.2. The quantitative estimate of drug-likeness (QED) is 0.153. The summed E-state index contributed by atoms with van der Waals surface area (Å²) in [4.78, 5) is 0. The predicted octanol–water partition coefficient (Wildman–Crippen LogP) is 17.1. The first-order valence-corrected chi connectivity index (χ1v) is 29.7. The number of aryl methyl sites for hydroxylation is 19. The molecule has 0 unspecified atom stereocenters. The van der Waals surface area contributed by atoms with Gasteiger partial charge in [-0.05, 0) is 198 Å². The highest BCUT2D eigenvalue weighted by molar-refractivity contribution is 5.68. The molecule has 5 aromatic heterocycles. The highest BCUT2D eigenvalue weighted by Gasteiger charge is 2.22. The maximum absolute atomic E-state index is 7.65. The molecular weight excluding hydrogens is 1030 g/mol. The number of nitrogens with zero attached hydrogens (tertiary/aromatic N) is 5. The molecule has 0 saturated heterocycles. The van der Waals surface area contributed by atoms with E-state index >= 15 is 0 Å². The summed E-state index contributed by atoms with van der Waals surface area (Å²) in [6.45, 7) is 34.1. The number of hydrogen-bond donors (Lipinski definition) is 0. The third-order valence-electron chi connectivity index (χ3n) is 17.1. The third kappa shape index (κ3) is 15.6. The molecule has 0 bridgehead atoms. The molecule has 5 heteroatoms. The molecule has 10 rings (SSSR count). The van der Waals surface area contributed by atoms with E-state index in [1.807, 2.05) is 52.2 Å². The van der Waals surface area contributed by atoms with Crippen LogP contribution in [0, 0.1) is 138 Å². The lowest BCUT2D eigenvalue weighted by Gasteiger charge is -2.10. The maximum Gasteiger partial charge on any atom is 0.215 e. The fraction of sp³-hybridized carbons (Fsp3) is 0.312. The number of rotatable bonds is 5.